The van der Waals surface area contributed by atoms with Gasteiger partial charge in [0.1, 0.15) is 0 Å². The van der Waals surface area contributed by atoms with Crippen LogP contribution >= 0.6 is 11.6 Å². The van der Waals surface area contributed by atoms with Gasteiger partial charge in [-0.3, -0.25) is 9.78 Å². The molecule has 0 fully saturated rings. The van der Waals surface area contributed by atoms with Gasteiger partial charge in [0.25, 0.3) is 5.91 Å². The quantitative estimate of drug-likeness (QED) is 0.934. The van der Waals surface area contributed by atoms with Gasteiger partial charge in [0.05, 0.1) is 16.3 Å². The van der Waals surface area contributed by atoms with E-state index in [1.165, 1.54) is 0 Å². The minimum absolute atomic E-state index is 0.405. The summed E-state index contributed by atoms with van der Waals surface area (Å²) >= 11 is 6.36. The first kappa shape index (κ1) is 13.6. The Morgan fingerprint density at radius 2 is 2.05 bits per heavy atom. The first-order chi connectivity index (χ1) is 9.07. The molecule has 0 atom stereocenters. The molecule has 0 aliphatic heterocycles. The number of halogens is 1. The molecule has 0 aliphatic carbocycles. The summed E-state index contributed by atoms with van der Waals surface area (Å²) in [6, 6.07) is 3.75. The number of amides is 1. The molecule has 2 N–H and O–H groups in total. The van der Waals surface area contributed by atoms with Crippen LogP contribution in [0.1, 0.15) is 29.4 Å². The minimum atomic E-state index is -0.493. The molecule has 2 aromatic rings. The Kier molecular flexibility index (Phi) is 3.90. The van der Waals surface area contributed by atoms with E-state index in [4.69, 9.17) is 17.3 Å². The topological polar surface area (TPSA) is 60.9 Å². The zero-order valence-electron chi connectivity index (χ0n) is 11.0. The molecule has 0 aromatic carbocycles. The van der Waals surface area contributed by atoms with Crippen molar-refractivity contribution in [3.05, 3.63) is 40.8 Å². The molecule has 100 valence electrons. The summed E-state index contributed by atoms with van der Waals surface area (Å²) in [5.41, 5.74) is 8.40. The van der Waals surface area contributed by atoms with E-state index in [-0.39, 0.29) is 0 Å². The molecule has 0 bridgehead atoms. The average molecular weight is 278 g/mol. The maximum atomic E-state index is 11.6. The Balaban J connectivity index is 2.72. The largest absolute Gasteiger partial charge is 0.365 e. The van der Waals surface area contributed by atoms with Crippen molar-refractivity contribution in [2.75, 3.05) is 0 Å². The number of hydrogen-bond acceptors (Lipinski definition) is 2. The van der Waals surface area contributed by atoms with Crippen LogP contribution in [0, 0.1) is 6.92 Å². The van der Waals surface area contributed by atoms with Crippen molar-refractivity contribution < 1.29 is 4.79 Å². The Hall–Kier alpha value is -1.81. The molecule has 19 heavy (non-hydrogen) atoms. The Morgan fingerprint density at radius 3 is 2.58 bits per heavy atom. The van der Waals surface area contributed by atoms with Crippen molar-refractivity contribution >= 4 is 17.5 Å². The van der Waals surface area contributed by atoms with E-state index in [0.717, 1.165) is 29.9 Å². The van der Waals surface area contributed by atoms with Crippen LogP contribution in [0.4, 0.5) is 0 Å². The summed E-state index contributed by atoms with van der Waals surface area (Å²) in [4.78, 5) is 15.6. The maximum Gasteiger partial charge on any atom is 0.252 e. The fraction of sp³-hybridized carbons (Fsp3) is 0.286. The summed E-state index contributed by atoms with van der Waals surface area (Å²) in [7, 11) is 0. The molecule has 5 heteroatoms. The van der Waals surface area contributed by atoms with Gasteiger partial charge >= 0.3 is 0 Å². The molecule has 0 spiro atoms. The normalized spacial score (nSPS) is 10.7. The molecule has 0 saturated heterocycles. The van der Waals surface area contributed by atoms with E-state index in [9.17, 15) is 4.79 Å². The van der Waals surface area contributed by atoms with Gasteiger partial charge in [0, 0.05) is 30.2 Å². The van der Waals surface area contributed by atoms with Crippen molar-refractivity contribution in [3.8, 4) is 11.3 Å². The number of hydrogen-bond donors (Lipinski definition) is 1. The van der Waals surface area contributed by atoms with Crippen LogP contribution < -0.4 is 5.73 Å². The van der Waals surface area contributed by atoms with E-state index < -0.39 is 5.91 Å². The molecular weight excluding hydrogens is 262 g/mol. The molecule has 2 rings (SSSR count). The first-order valence-electron chi connectivity index (χ1n) is 6.16. The number of rotatable bonds is 4. The SMILES string of the molecule is CCCn1c(C)c(C(N)=O)c(Cl)c1-c1ccncc1. The van der Waals surface area contributed by atoms with E-state index in [0.29, 0.717) is 10.6 Å². The predicted molar refractivity (Wildman–Crippen MR) is 76.2 cm³/mol. The fourth-order valence-electron chi connectivity index (χ4n) is 2.28. The monoisotopic (exact) mass is 277 g/mol. The molecule has 0 unspecified atom stereocenters. The van der Waals surface area contributed by atoms with Gasteiger partial charge < -0.3 is 10.3 Å². The maximum absolute atomic E-state index is 11.6. The van der Waals surface area contributed by atoms with E-state index >= 15 is 0 Å². The highest BCUT2D eigenvalue weighted by Gasteiger charge is 2.22. The van der Waals surface area contributed by atoms with Crippen molar-refractivity contribution in [1.82, 2.24) is 9.55 Å². The van der Waals surface area contributed by atoms with Crippen molar-refractivity contribution in [2.45, 2.75) is 26.8 Å². The third-order valence-electron chi connectivity index (χ3n) is 3.11. The molecule has 1 amide bonds. The van der Waals surface area contributed by atoms with E-state index in [1.807, 2.05) is 23.6 Å². The van der Waals surface area contributed by atoms with Crippen LogP contribution in [0.3, 0.4) is 0 Å². The van der Waals surface area contributed by atoms with Gasteiger partial charge in [-0.1, -0.05) is 18.5 Å². The van der Waals surface area contributed by atoms with Crippen LogP contribution in [0.25, 0.3) is 11.3 Å². The highest BCUT2D eigenvalue weighted by molar-refractivity contribution is 6.36. The van der Waals surface area contributed by atoms with E-state index in [1.54, 1.807) is 12.4 Å². The van der Waals surface area contributed by atoms with Gasteiger partial charge in [-0.05, 0) is 25.5 Å². The number of pyridine rings is 1. The van der Waals surface area contributed by atoms with Gasteiger partial charge in [0.15, 0.2) is 0 Å². The molecule has 4 nitrogen and oxygen atoms in total. The second-order valence-electron chi connectivity index (χ2n) is 4.37. The Morgan fingerprint density at radius 1 is 1.42 bits per heavy atom. The standard InChI is InChI=1S/C14H16ClN3O/c1-3-8-18-9(2)11(14(16)19)12(15)13(18)10-4-6-17-7-5-10/h4-7H,3,8H2,1-2H3,(H2,16,19). The van der Waals surface area contributed by atoms with Crippen molar-refractivity contribution in [1.29, 1.82) is 0 Å². The summed E-state index contributed by atoms with van der Waals surface area (Å²) in [6.07, 6.45) is 4.35. The molecule has 0 aliphatic rings. The second kappa shape index (κ2) is 5.45. The lowest BCUT2D eigenvalue weighted by molar-refractivity contribution is 0.0999. The lowest BCUT2D eigenvalue weighted by Gasteiger charge is -2.10. The van der Waals surface area contributed by atoms with Gasteiger partial charge in [-0.15, -0.1) is 0 Å². The third kappa shape index (κ3) is 2.36. The lowest BCUT2D eigenvalue weighted by Crippen LogP contribution is -2.13. The van der Waals surface area contributed by atoms with E-state index in [2.05, 4.69) is 11.9 Å². The highest BCUT2D eigenvalue weighted by atomic mass is 35.5. The zero-order chi connectivity index (χ0) is 14.0. The summed E-state index contributed by atoms with van der Waals surface area (Å²) < 4.78 is 2.04. The van der Waals surface area contributed by atoms with Gasteiger partial charge in [0.2, 0.25) is 0 Å². The predicted octanol–water partition coefficient (Wildman–Crippen LogP) is 3.02. The second-order valence-corrected chi connectivity index (χ2v) is 4.75. The first-order valence-corrected chi connectivity index (χ1v) is 6.54. The van der Waals surface area contributed by atoms with Crippen LogP contribution in [0.15, 0.2) is 24.5 Å². The number of carbonyl (C=O) groups is 1. The Labute approximate surface area is 117 Å². The molecule has 0 saturated carbocycles. The van der Waals surface area contributed by atoms with Crippen LogP contribution in [0.5, 0.6) is 0 Å². The third-order valence-corrected chi connectivity index (χ3v) is 3.48. The molecule has 2 aromatic heterocycles. The zero-order valence-corrected chi connectivity index (χ0v) is 11.7. The molecule has 0 radical (unpaired) electrons. The van der Waals surface area contributed by atoms with Gasteiger partial charge in [-0.25, -0.2) is 0 Å². The van der Waals surface area contributed by atoms with Crippen LogP contribution in [-0.4, -0.2) is 15.5 Å². The summed E-state index contributed by atoms with van der Waals surface area (Å²) in [5, 5.41) is 0.421. The summed E-state index contributed by atoms with van der Waals surface area (Å²) in [5.74, 6) is -0.493. The number of primary amides is 1. The fourth-order valence-corrected chi connectivity index (χ4v) is 2.72. The minimum Gasteiger partial charge on any atom is -0.365 e. The molecule has 2 heterocycles. The van der Waals surface area contributed by atoms with Crippen molar-refractivity contribution in [2.24, 2.45) is 5.73 Å². The lowest BCUT2D eigenvalue weighted by atomic mass is 10.1. The Bertz CT molecular complexity index is 605. The van der Waals surface area contributed by atoms with Crippen LogP contribution in [-0.2, 0) is 6.54 Å². The highest BCUT2D eigenvalue weighted by Crippen LogP contribution is 2.35. The number of nitrogens with two attached hydrogens (primary N) is 1. The van der Waals surface area contributed by atoms with Crippen molar-refractivity contribution in [3.63, 3.8) is 0 Å². The van der Waals surface area contributed by atoms with Gasteiger partial charge in [-0.2, -0.15) is 0 Å². The smallest absolute Gasteiger partial charge is 0.252 e. The number of carbonyl (C=O) groups excluding carboxylic acids is 1. The van der Waals surface area contributed by atoms with Crippen LogP contribution in [0.2, 0.25) is 5.02 Å². The number of nitrogens with zero attached hydrogens (tertiary/aromatic N) is 2. The number of aromatic nitrogens is 2. The molecular formula is C14H16ClN3O. The summed E-state index contributed by atoms with van der Waals surface area (Å²) in [6.45, 7) is 4.73. The average Bonchev–Trinajstić information content (AvgIpc) is 2.63.